The van der Waals surface area contributed by atoms with Crippen molar-refractivity contribution in [3.05, 3.63) is 82.4 Å². The number of fused-ring (bicyclic) bond motifs is 1. The second-order valence-corrected chi connectivity index (χ2v) is 5.96. The number of hydrogen-bond acceptors (Lipinski definition) is 2. The first-order valence-corrected chi connectivity index (χ1v) is 7.83. The maximum absolute atomic E-state index is 12.5. The fourth-order valence-corrected chi connectivity index (χ4v) is 2.69. The summed E-state index contributed by atoms with van der Waals surface area (Å²) in [6, 6.07) is 15.7. The summed E-state index contributed by atoms with van der Waals surface area (Å²) in [5, 5.41) is 0. The lowest BCUT2D eigenvalue weighted by Crippen LogP contribution is -1.98. The molecule has 2 aromatic carbocycles. The largest absolute Gasteiger partial charge is 0.489 e. The number of Topliss-reactive ketones (excluding diaryl/α,β-unsaturated/α-hetero) is 1. The van der Waals surface area contributed by atoms with Crippen molar-refractivity contribution in [2.45, 2.75) is 20.3 Å². The standard InChI is InChI=1S/C21H20O2/c1-15(2)11-12-23-20-10-6-4-8-17(20)14-18-13-16-7-3-5-9-19(16)21(18)22/h3-11,14H,12-13H2,1-2H3/b18-14+. The molecule has 0 saturated heterocycles. The average Bonchev–Trinajstić information content (AvgIpc) is 2.85. The highest BCUT2D eigenvalue weighted by Gasteiger charge is 2.24. The molecular weight excluding hydrogens is 284 g/mol. The normalized spacial score (nSPS) is 14.7. The molecule has 0 aliphatic heterocycles. The van der Waals surface area contributed by atoms with Crippen LogP contribution in [0.5, 0.6) is 5.75 Å². The number of ether oxygens (including phenoxy) is 1. The molecule has 0 heterocycles. The van der Waals surface area contributed by atoms with Gasteiger partial charge in [0.1, 0.15) is 12.4 Å². The van der Waals surface area contributed by atoms with E-state index in [4.69, 9.17) is 4.74 Å². The Morgan fingerprint density at radius 3 is 2.61 bits per heavy atom. The first-order valence-electron chi connectivity index (χ1n) is 7.83. The van der Waals surface area contributed by atoms with Crippen molar-refractivity contribution in [2.75, 3.05) is 6.61 Å². The Morgan fingerprint density at radius 1 is 1.09 bits per heavy atom. The third kappa shape index (κ3) is 3.42. The van der Waals surface area contributed by atoms with Crippen LogP contribution in [0.1, 0.15) is 35.3 Å². The summed E-state index contributed by atoms with van der Waals surface area (Å²) in [4.78, 5) is 12.5. The van der Waals surface area contributed by atoms with E-state index in [1.165, 1.54) is 5.57 Å². The van der Waals surface area contributed by atoms with Crippen molar-refractivity contribution in [1.29, 1.82) is 0 Å². The summed E-state index contributed by atoms with van der Waals surface area (Å²) >= 11 is 0. The molecule has 2 heteroatoms. The van der Waals surface area contributed by atoms with E-state index in [-0.39, 0.29) is 5.78 Å². The molecule has 0 bridgehead atoms. The Labute approximate surface area is 137 Å². The number of ketones is 1. The van der Waals surface area contributed by atoms with Gasteiger partial charge in [-0.2, -0.15) is 0 Å². The molecule has 116 valence electrons. The zero-order valence-electron chi connectivity index (χ0n) is 13.5. The molecule has 1 aliphatic rings. The van der Waals surface area contributed by atoms with Crippen LogP contribution < -0.4 is 4.74 Å². The first kappa shape index (κ1) is 15.3. The van der Waals surface area contributed by atoms with E-state index in [1.807, 2.05) is 74.5 Å². The van der Waals surface area contributed by atoms with E-state index in [2.05, 4.69) is 0 Å². The Bertz CT molecular complexity index is 793. The van der Waals surface area contributed by atoms with E-state index in [1.54, 1.807) is 0 Å². The van der Waals surface area contributed by atoms with E-state index in [9.17, 15) is 4.79 Å². The Kier molecular flexibility index (Phi) is 4.42. The minimum atomic E-state index is 0.125. The van der Waals surface area contributed by atoms with Gasteiger partial charge in [0.15, 0.2) is 5.78 Å². The summed E-state index contributed by atoms with van der Waals surface area (Å²) < 4.78 is 5.84. The molecule has 3 rings (SSSR count). The van der Waals surface area contributed by atoms with Gasteiger partial charge in [-0.15, -0.1) is 0 Å². The SMILES string of the molecule is CC(C)=CCOc1ccccc1/C=C1\Cc2ccccc2C1=O. The zero-order valence-corrected chi connectivity index (χ0v) is 13.5. The van der Waals surface area contributed by atoms with Crippen LogP contribution in [-0.2, 0) is 6.42 Å². The van der Waals surface area contributed by atoms with Gasteiger partial charge in [0.2, 0.25) is 0 Å². The van der Waals surface area contributed by atoms with Crippen LogP contribution in [0.3, 0.4) is 0 Å². The van der Waals surface area contributed by atoms with Crippen LogP contribution in [0.2, 0.25) is 0 Å². The summed E-state index contributed by atoms with van der Waals surface area (Å²) in [6.45, 7) is 4.63. The highest BCUT2D eigenvalue weighted by Crippen LogP contribution is 2.29. The molecule has 0 spiro atoms. The molecule has 0 radical (unpaired) electrons. The van der Waals surface area contributed by atoms with Gasteiger partial charge in [-0.05, 0) is 37.6 Å². The molecule has 2 aromatic rings. The van der Waals surface area contributed by atoms with Gasteiger partial charge in [0, 0.05) is 23.1 Å². The summed E-state index contributed by atoms with van der Waals surface area (Å²) in [5.41, 5.74) is 4.92. The second-order valence-electron chi connectivity index (χ2n) is 5.96. The average molecular weight is 304 g/mol. The quantitative estimate of drug-likeness (QED) is 0.596. The molecule has 0 N–H and O–H groups in total. The lowest BCUT2D eigenvalue weighted by Gasteiger charge is -2.08. The minimum absolute atomic E-state index is 0.125. The van der Waals surface area contributed by atoms with Crippen molar-refractivity contribution in [3.8, 4) is 5.75 Å². The van der Waals surface area contributed by atoms with Gasteiger partial charge in [0.25, 0.3) is 0 Å². The fourth-order valence-electron chi connectivity index (χ4n) is 2.69. The van der Waals surface area contributed by atoms with Gasteiger partial charge >= 0.3 is 0 Å². The fraction of sp³-hybridized carbons (Fsp3) is 0.190. The molecular formula is C21H20O2. The molecule has 0 atom stereocenters. The number of para-hydroxylation sites is 1. The maximum atomic E-state index is 12.5. The lowest BCUT2D eigenvalue weighted by molar-refractivity contribution is 0.104. The Hall–Kier alpha value is -2.61. The van der Waals surface area contributed by atoms with E-state index in [0.717, 1.165) is 28.0 Å². The molecule has 0 aromatic heterocycles. The van der Waals surface area contributed by atoms with Gasteiger partial charge < -0.3 is 4.74 Å². The molecule has 23 heavy (non-hydrogen) atoms. The van der Waals surface area contributed by atoms with Crippen molar-refractivity contribution in [2.24, 2.45) is 0 Å². The van der Waals surface area contributed by atoms with Crippen LogP contribution in [0.15, 0.2) is 65.8 Å². The van der Waals surface area contributed by atoms with Crippen molar-refractivity contribution < 1.29 is 9.53 Å². The predicted molar refractivity (Wildman–Crippen MR) is 93.8 cm³/mol. The summed E-state index contributed by atoms with van der Waals surface area (Å²) in [5.74, 6) is 0.931. The second kappa shape index (κ2) is 6.66. The van der Waals surface area contributed by atoms with Gasteiger partial charge in [-0.25, -0.2) is 0 Å². The molecule has 0 amide bonds. The van der Waals surface area contributed by atoms with Crippen molar-refractivity contribution in [3.63, 3.8) is 0 Å². The smallest absolute Gasteiger partial charge is 0.189 e. The molecule has 2 nitrogen and oxygen atoms in total. The van der Waals surface area contributed by atoms with E-state index < -0.39 is 0 Å². The number of carbonyl (C=O) groups excluding carboxylic acids is 1. The molecule has 0 saturated carbocycles. The van der Waals surface area contributed by atoms with Crippen LogP contribution in [0.25, 0.3) is 6.08 Å². The number of allylic oxidation sites excluding steroid dienone is 2. The third-order valence-corrected chi connectivity index (χ3v) is 3.91. The zero-order chi connectivity index (χ0) is 16.2. The van der Waals surface area contributed by atoms with Crippen molar-refractivity contribution >= 4 is 11.9 Å². The van der Waals surface area contributed by atoms with Gasteiger partial charge in [-0.1, -0.05) is 48.0 Å². The van der Waals surface area contributed by atoms with Crippen LogP contribution in [-0.4, -0.2) is 12.4 Å². The van der Waals surface area contributed by atoms with Gasteiger partial charge in [0.05, 0.1) is 0 Å². The van der Waals surface area contributed by atoms with Crippen molar-refractivity contribution in [1.82, 2.24) is 0 Å². The van der Waals surface area contributed by atoms with E-state index in [0.29, 0.717) is 13.0 Å². The highest BCUT2D eigenvalue weighted by molar-refractivity contribution is 6.15. The lowest BCUT2D eigenvalue weighted by atomic mass is 10.1. The minimum Gasteiger partial charge on any atom is -0.489 e. The third-order valence-electron chi connectivity index (χ3n) is 3.91. The number of rotatable bonds is 4. The first-order chi connectivity index (χ1) is 11.1. The molecule has 1 aliphatic carbocycles. The van der Waals surface area contributed by atoms with Crippen LogP contribution in [0.4, 0.5) is 0 Å². The number of hydrogen-bond donors (Lipinski definition) is 0. The predicted octanol–water partition coefficient (Wildman–Crippen LogP) is 4.85. The van der Waals surface area contributed by atoms with Crippen LogP contribution in [0, 0.1) is 0 Å². The monoisotopic (exact) mass is 304 g/mol. The van der Waals surface area contributed by atoms with Gasteiger partial charge in [-0.3, -0.25) is 4.79 Å². The Morgan fingerprint density at radius 2 is 1.83 bits per heavy atom. The summed E-state index contributed by atoms with van der Waals surface area (Å²) in [6.07, 6.45) is 4.69. The molecule has 0 unspecified atom stereocenters. The Balaban J connectivity index is 1.86. The maximum Gasteiger partial charge on any atom is 0.189 e. The summed E-state index contributed by atoms with van der Waals surface area (Å²) in [7, 11) is 0. The topological polar surface area (TPSA) is 26.3 Å². The van der Waals surface area contributed by atoms with E-state index >= 15 is 0 Å². The molecule has 0 fully saturated rings. The number of carbonyl (C=O) groups is 1. The van der Waals surface area contributed by atoms with Crippen LogP contribution >= 0.6 is 0 Å². The highest BCUT2D eigenvalue weighted by atomic mass is 16.5. The number of benzene rings is 2.